The van der Waals surface area contributed by atoms with E-state index >= 15 is 0 Å². The zero-order chi connectivity index (χ0) is 20.7. The van der Waals surface area contributed by atoms with E-state index in [9.17, 15) is 53.1 Å². The van der Waals surface area contributed by atoms with Gasteiger partial charge < -0.3 is 4.74 Å². The minimum Gasteiger partial charge on any atom is -0.463 e. The fourth-order valence-corrected chi connectivity index (χ4v) is 1.04. The number of halogens is 13. The standard InChI is InChI=1S/C8H3Cl2F11O4/c1-23-2(22)3(11,12)24-4(13,7(17,18)19)8(20,21)25-6(10,16)5(9,14)15/h1H3. The van der Waals surface area contributed by atoms with Crippen molar-refractivity contribution in [2.45, 2.75) is 34.9 Å². The highest BCUT2D eigenvalue weighted by Gasteiger charge is 2.80. The Morgan fingerprint density at radius 3 is 1.48 bits per heavy atom. The molecule has 2 atom stereocenters. The van der Waals surface area contributed by atoms with Crippen molar-refractivity contribution >= 4 is 29.2 Å². The highest BCUT2D eigenvalue weighted by Crippen LogP contribution is 2.53. The molecule has 0 aliphatic carbocycles. The number of methoxy groups -OCH3 is 1. The highest BCUT2D eigenvalue weighted by molar-refractivity contribution is 6.31. The van der Waals surface area contributed by atoms with Crippen LogP contribution in [0.4, 0.5) is 48.3 Å². The molecule has 2 unspecified atom stereocenters. The van der Waals surface area contributed by atoms with Crippen molar-refractivity contribution in [1.29, 1.82) is 0 Å². The second kappa shape index (κ2) is 6.74. The van der Waals surface area contributed by atoms with Gasteiger partial charge in [0.05, 0.1) is 7.11 Å². The van der Waals surface area contributed by atoms with E-state index < -0.39 is 40.9 Å². The first-order valence-corrected chi connectivity index (χ1v) is 5.85. The van der Waals surface area contributed by atoms with Gasteiger partial charge in [0.25, 0.3) is 0 Å². The van der Waals surface area contributed by atoms with E-state index in [1.54, 1.807) is 0 Å². The lowest BCUT2D eigenvalue weighted by Crippen LogP contribution is -2.64. The van der Waals surface area contributed by atoms with Gasteiger partial charge >= 0.3 is 40.9 Å². The maximum Gasteiger partial charge on any atom is 0.459 e. The Labute approximate surface area is 139 Å². The Morgan fingerprint density at radius 1 is 0.800 bits per heavy atom. The molecule has 4 nitrogen and oxygen atoms in total. The quantitative estimate of drug-likeness (QED) is 0.335. The Morgan fingerprint density at radius 2 is 1.20 bits per heavy atom. The summed E-state index contributed by atoms with van der Waals surface area (Å²) in [6, 6.07) is 0. The van der Waals surface area contributed by atoms with Gasteiger partial charge in [-0.2, -0.15) is 48.3 Å². The van der Waals surface area contributed by atoms with E-state index in [0.717, 1.165) is 0 Å². The first-order chi connectivity index (χ1) is 10.6. The molecule has 0 fully saturated rings. The van der Waals surface area contributed by atoms with Gasteiger partial charge in [0, 0.05) is 0 Å². The number of carbonyl (C=O) groups excluding carboxylic acids is 1. The summed E-state index contributed by atoms with van der Waals surface area (Å²) >= 11 is 7.83. The number of carbonyl (C=O) groups is 1. The summed E-state index contributed by atoms with van der Waals surface area (Å²) in [5.41, 5.74) is 0. The summed E-state index contributed by atoms with van der Waals surface area (Å²) in [5.74, 6) is -10.2. The van der Waals surface area contributed by atoms with E-state index in [0.29, 0.717) is 0 Å². The highest BCUT2D eigenvalue weighted by atomic mass is 35.5. The van der Waals surface area contributed by atoms with Crippen LogP contribution in [-0.4, -0.2) is 48.0 Å². The van der Waals surface area contributed by atoms with Crippen molar-refractivity contribution in [2.24, 2.45) is 0 Å². The fraction of sp³-hybridized carbons (Fsp3) is 0.875. The van der Waals surface area contributed by atoms with Gasteiger partial charge in [-0.3, -0.25) is 9.47 Å². The normalized spacial score (nSPS) is 19.1. The lowest BCUT2D eigenvalue weighted by atomic mass is 10.2. The molecule has 0 spiro atoms. The average Bonchev–Trinajstić information content (AvgIpc) is 2.32. The second-order valence-electron chi connectivity index (χ2n) is 3.84. The summed E-state index contributed by atoms with van der Waals surface area (Å²) in [6.45, 7) is 0. The molecular formula is C8H3Cl2F11O4. The van der Waals surface area contributed by atoms with Crippen molar-refractivity contribution in [1.82, 2.24) is 0 Å². The predicted molar refractivity (Wildman–Crippen MR) is 54.5 cm³/mol. The molecular weight excluding hydrogens is 440 g/mol. The third kappa shape index (κ3) is 4.89. The van der Waals surface area contributed by atoms with Gasteiger partial charge in [0.2, 0.25) is 0 Å². The molecule has 0 saturated carbocycles. The largest absolute Gasteiger partial charge is 0.463 e. The maximum absolute atomic E-state index is 13.6. The van der Waals surface area contributed by atoms with Crippen LogP contribution in [0.2, 0.25) is 0 Å². The lowest BCUT2D eigenvalue weighted by molar-refractivity contribution is -0.510. The number of ether oxygens (including phenoxy) is 3. The van der Waals surface area contributed by atoms with Crippen LogP contribution in [0.5, 0.6) is 0 Å². The van der Waals surface area contributed by atoms with Crippen molar-refractivity contribution in [3.63, 3.8) is 0 Å². The molecule has 0 aromatic heterocycles. The minimum atomic E-state index is -7.19. The van der Waals surface area contributed by atoms with Gasteiger partial charge in [-0.1, -0.05) is 0 Å². The average molecular weight is 443 g/mol. The molecule has 0 aromatic carbocycles. The molecule has 0 aliphatic heterocycles. The van der Waals surface area contributed by atoms with E-state index in [2.05, 4.69) is 37.4 Å². The van der Waals surface area contributed by atoms with E-state index in [4.69, 9.17) is 0 Å². The van der Waals surface area contributed by atoms with Gasteiger partial charge in [-0.25, -0.2) is 4.79 Å². The van der Waals surface area contributed by atoms with Crippen LogP contribution in [0.3, 0.4) is 0 Å². The molecule has 0 aliphatic rings. The number of rotatable bonds is 7. The Hall–Kier alpha value is -0.800. The molecule has 0 N–H and O–H groups in total. The molecule has 0 radical (unpaired) electrons. The Balaban J connectivity index is 6.08. The van der Waals surface area contributed by atoms with Crippen LogP contribution in [0, 0.1) is 0 Å². The maximum atomic E-state index is 13.6. The van der Waals surface area contributed by atoms with Gasteiger partial charge in [-0.05, 0) is 23.2 Å². The smallest absolute Gasteiger partial charge is 0.459 e. The molecule has 25 heavy (non-hydrogen) atoms. The molecule has 150 valence electrons. The van der Waals surface area contributed by atoms with Crippen LogP contribution in [0.25, 0.3) is 0 Å². The Bertz CT molecular complexity index is 503. The zero-order valence-corrected chi connectivity index (χ0v) is 12.6. The van der Waals surface area contributed by atoms with Gasteiger partial charge in [0.1, 0.15) is 0 Å². The predicted octanol–water partition coefficient (Wildman–Crippen LogP) is 4.30. The third-order valence-electron chi connectivity index (χ3n) is 2.02. The molecule has 0 amide bonds. The fourth-order valence-electron chi connectivity index (χ4n) is 0.904. The first-order valence-electron chi connectivity index (χ1n) is 5.09. The number of esters is 1. The van der Waals surface area contributed by atoms with Crippen LogP contribution in [-0.2, 0) is 19.0 Å². The summed E-state index contributed by atoms with van der Waals surface area (Å²) in [7, 11) is 0.112. The molecule has 0 aromatic rings. The first kappa shape index (κ1) is 24.2. The van der Waals surface area contributed by atoms with Crippen molar-refractivity contribution in [2.75, 3.05) is 7.11 Å². The summed E-state index contributed by atoms with van der Waals surface area (Å²) in [5, 5.41) is -11.4. The van der Waals surface area contributed by atoms with Gasteiger partial charge in [-0.15, -0.1) is 0 Å². The second-order valence-corrected chi connectivity index (χ2v) is 4.80. The third-order valence-corrected chi connectivity index (χ3v) is 2.67. The van der Waals surface area contributed by atoms with Crippen LogP contribution in [0.15, 0.2) is 0 Å². The molecule has 0 rings (SSSR count). The molecule has 0 heterocycles. The lowest BCUT2D eigenvalue weighted by Gasteiger charge is -2.37. The van der Waals surface area contributed by atoms with E-state index in [1.807, 2.05) is 0 Å². The van der Waals surface area contributed by atoms with Crippen molar-refractivity contribution in [3.8, 4) is 0 Å². The number of hydrogen-bond acceptors (Lipinski definition) is 4. The zero-order valence-electron chi connectivity index (χ0n) is 11.0. The van der Waals surface area contributed by atoms with Crippen molar-refractivity contribution < 1.29 is 67.3 Å². The molecule has 17 heteroatoms. The summed E-state index contributed by atoms with van der Waals surface area (Å²) in [6.07, 6.45) is -20.2. The van der Waals surface area contributed by atoms with Crippen LogP contribution in [0.1, 0.15) is 0 Å². The molecule has 0 saturated heterocycles. The summed E-state index contributed by atoms with van der Waals surface area (Å²) in [4.78, 5) is 10.5. The Kier molecular flexibility index (Phi) is 6.52. The monoisotopic (exact) mass is 442 g/mol. The van der Waals surface area contributed by atoms with Crippen molar-refractivity contribution in [3.05, 3.63) is 0 Å². The topological polar surface area (TPSA) is 44.8 Å². The molecule has 0 bridgehead atoms. The SMILES string of the molecule is COC(=O)C(F)(F)OC(F)(C(F)(F)F)C(F)(F)OC(F)(Cl)C(F)(F)Cl. The van der Waals surface area contributed by atoms with Gasteiger partial charge in [0.15, 0.2) is 0 Å². The number of hydrogen-bond donors (Lipinski definition) is 0. The van der Waals surface area contributed by atoms with Crippen LogP contribution >= 0.6 is 23.2 Å². The number of alkyl halides is 13. The van der Waals surface area contributed by atoms with E-state index in [1.165, 1.54) is 0 Å². The minimum absolute atomic E-state index is 0.112. The van der Waals surface area contributed by atoms with Crippen LogP contribution < -0.4 is 0 Å². The van der Waals surface area contributed by atoms with E-state index in [-0.39, 0.29) is 7.11 Å². The summed E-state index contributed by atoms with van der Waals surface area (Å²) < 4.78 is 148.